The van der Waals surface area contributed by atoms with Gasteiger partial charge in [0.25, 0.3) is 0 Å². The Kier molecular flexibility index (Phi) is 12.0. The lowest BCUT2D eigenvalue weighted by molar-refractivity contribution is -0.873. The Bertz CT molecular complexity index is 244. The second kappa shape index (κ2) is 10.8. The number of aliphatic hydroxyl groups is 1. The van der Waals surface area contributed by atoms with Crippen molar-refractivity contribution in [2.75, 3.05) is 89.0 Å². The van der Waals surface area contributed by atoms with Gasteiger partial charge in [0.2, 0.25) is 0 Å². The number of epoxide rings is 1. The Hall–Kier alpha value is 0.0900. The Morgan fingerprint density at radius 2 is 1.48 bits per heavy atom. The van der Waals surface area contributed by atoms with Crippen molar-refractivity contribution in [3.63, 3.8) is 0 Å². The first-order chi connectivity index (χ1) is 9.26. The van der Waals surface area contributed by atoms with Gasteiger partial charge in [0.15, 0.2) is 0 Å². The molecule has 0 aromatic heterocycles. The molecular weight excluding hydrogens is 290 g/mol. The van der Waals surface area contributed by atoms with Crippen LogP contribution in [0.2, 0.25) is 0 Å². The van der Waals surface area contributed by atoms with Crippen LogP contribution in [0, 0.1) is 0 Å². The van der Waals surface area contributed by atoms with Crippen molar-refractivity contribution in [2.45, 2.75) is 12.2 Å². The molecule has 130 valence electrons. The Morgan fingerprint density at radius 1 is 1.10 bits per heavy atom. The first kappa shape index (κ1) is 23.4. The number of likely N-dealkylation sites (N-methyl/N-ethyl adjacent to an activating group) is 2. The zero-order chi connectivity index (χ0) is 17.3. The normalized spacial score (nSPS) is 19.1. The maximum absolute atomic E-state index is 9.05. The van der Waals surface area contributed by atoms with Gasteiger partial charge >= 0.3 is 0 Å². The highest BCUT2D eigenvalue weighted by atomic mass is 35.5. The average Bonchev–Trinajstić information content (AvgIpc) is 2.96. The lowest BCUT2D eigenvalue weighted by atomic mass is 10.3. The SMILES string of the molecule is CN(C)C.C[N+](C)(C)CC(O)CCl.C[N+](C)(C)CC1CO1. The first-order valence-electron chi connectivity index (χ1n) is 7.34. The largest absolute Gasteiger partial charge is 0.386 e. The van der Waals surface area contributed by atoms with Gasteiger partial charge in [0.05, 0.1) is 54.8 Å². The second-order valence-corrected chi connectivity index (χ2v) is 8.36. The maximum atomic E-state index is 9.05. The van der Waals surface area contributed by atoms with E-state index >= 15 is 0 Å². The van der Waals surface area contributed by atoms with E-state index in [9.17, 15) is 0 Å². The molecular formula is C15H38ClN3O2+2. The molecule has 1 rings (SSSR count). The van der Waals surface area contributed by atoms with E-state index < -0.39 is 0 Å². The van der Waals surface area contributed by atoms with Crippen LogP contribution in [0.5, 0.6) is 0 Å². The van der Waals surface area contributed by atoms with Crippen LogP contribution in [0.1, 0.15) is 0 Å². The van der Waals surface area contributed by atoms with Crippen LogP contribution < -0.4 is 0 Å². The van der Waals surface area contributed by atoms with Gasteiger partial charge in [-0.05, 0) is 21.1 Å². The quantitative estimate of drug-likeness (QED) is 0.455. The third kappa shape index (κ3) is 28.9. The van der Waals surface area contributed by atoms with Crippen molar-refractivity contribution >= 4 is 11.6 Å². The fraction of sp³-hybridized carbons (Fsp3) is 1.00. The van der Waals surface area contributed by atoms with Gasteiger partial charge < -0.3 is 23.7 Å². The zero-order valence-corrected chi connectivity index (χ0v) is 16.3. The van der Waals surface area contributed by atoms with E-state index in [2.05, 4.69) is 21.1 Å². The first-order valence-corrected chi connectivity index (χ1v) is 7.87. The van der Waals surface area contributed by atoms with Crippen LogP contribution in [-0.4, -0.2) is 120 Å². The number of hydrogen-bond donors (Lipinski definition) is 1. The molecule has 0 aliphatic carbocycles. The number of hydrogen-bond acceptors (Lipinski definition) is 3. The molecule has 0 saturated carbocycles. The summed E-state index contributed by atoms with van der Waals surface area (Å²) in [7, 11) is 18.6. The number of aliphatic hydroxyl groups excluding tert-OH is 1. The van der Waals surface area contributed by atoms with Crippen molar-refractivity contribution in [1.29, 1.82) is 0 Å². The van der Waals surface area contributed by atoms with Crippen molar-refractivity contribution in [3.8, 4) is 0 Å². The minimum absolute atomic E-state index is 0.329. The summed E-state index contributed by atoms with van der Waals surface area (Å²) >= 11 is 5.40. The molecule has 2 atom stereocenters. The van der Waals surface area contributed by atoms with Gasteiger partial charge in [-0.25, -0.2) is 0 Å². The summed E-state index contributed by atoms with van der Waals surface area (Å²) in [6.45, 7) is 2.85. The average molecular weight is 328 g/mol. The Labute approximate surface area is 137 Å². The van der Waals surface area contributed by atoms with E-state index in [-0.39, 0.29) is 6.10 Å². The van der Waals surface area contributed by atoms with Gasteiger partial charge in [-0.3, -0.25) is 0 Å². The molecule has 1 N–H and O–H groups in total. The molecule has 6 heteroatoms. The van der Waals surface area contributed by atoms with E-state index in [0.717, 1.165) is 22.1 Å². The third-order valence-corrected chi connectivity index (χ3v) is 2.45. The topological polar surface area (TPSA) is 36.0 Å². The smallest absolute Gasteiger partial charge is 0.130 e. The summed E-state index contributed by atoms with van der Waals surface area (Å²) in [4.78, 5) is 2.00. The van der Waals surface area contributed by atoms with Gasteiger partial charge in [-0.15, -0.1) is 11.6 Å². The van der Waals surface area contributed by atoms with Crippen LogP contribution in [0.25, 0.3) is 0 Å². The number of nitrogens with zero attached hydrogens (tertiary/aromatic N) is 3. The van der Waals surface area contributed by atoms with Crippen molar-refractivity contribution < 1.29 is 18.8 Å². The molecule has 21 heavy (non-hydrogen) atoms. The Morgan fingerprint density at radius 3 is 1.57 bits per heavy atom. The van der Waals surface area contributed by atoms with Crippen LogP contribution in [0.4, 0.5) is 0 Å². The summed E-state index contributed by atoms with van der Waals surface area (Å²) in [5.74, 6) is 0.329. The highest BCUT2D eigenvalue weighted by Crippen LogP contribution is 2.11. The molecule has 0 aromatic carbocycles. The fourth-order valence-electron chi connectivity index (χ4n) is 1.47. The lowest BCUT2D eigenvalue weighted by Crippen LogP contribution is -2.41. The van der Waals surface area contributed by atoms with Crippen LogP contribution >= 0.6 is 11.6 Å². The molecule has 0 radical (unpaired) electrons. The summed E-state index contributed by atoms with van der Waals surface area (Å²) in [5, 5.41) is 9.05. The molecule has 1 aliphatic heterocycles. The number of rotatable bonds is 5. The highest BCUT2D eigenvalue weighted by molar-refractivity contribution is 6.18. The fourth-order valence-corrected chi connectivity index (χ4v) is 1.56. The van der Waals surface area contributed by atoms with Crippen LogP contribution in [-0.2, 0) is 4.74 Å². The third-order valence-electron chi connectivity index (χ3n) is 2.09. The summed E-state index contributed by atoms with van der Waals surface area (Å²) in [6.07, 6.45) is 0.196. The predicted molar refractivity (Wildman–Crippen MR) is 91.9 cm³/mol. The molecule has 0 aromatic rings. The van der Waals surface area contributed by atoms with Crippen molar-refractivity contribution in [1.82, 2.24) is 4.90 Å². The zero-order valence-electron chi connectivity index (χ0n) is 15.6. The summed E-state index contributed by atoms with van der Waals surface area (Å²) in [5.41, 5.74) is 0. The molecule has 5 nitrogen and oxygen atoms in total. The van der Waals surface area contributed by atoms with E-state index in [4.69, 9.17) is 21.4 Å². The van der Waals surface area contributed by atoms with E-state index in [1.54, 1.807) is 0 Å². The molecule has 1 fully saturated rings. The number of alkyl halides is 1. The van der Waals surface area contributed by atoms with Gasteiger partial charge in [-0.2, -0.15) is 0 Å². The summed E-state index contributed by atoms with van der Waals surface area (Å²) < 4.78 is 6.85. The van der Waals surface area contributed by atoms with Gasteiger partial charge in [0.1, 0.15) is 25.3 Å². The van der Waals surface area contributed by atoms with Crippen LogP contribution in [0.15, 0.2) is 0 Å². The minimum Gasteiger partial charge on any atom is -0.386 e. The highest BCUT2D eigenvalue weighted by Gasteiger charge is 2.28. The van der Waals surface area contributed by atoms with Crippen molar-refractivity contribution in [3.05, 3.63) is 0 Å². The Balaban J connectivity index is 0. The van der Waals surface area contributed by atoms with E-state index in [1.807, 2.05) is 47.2 Å². The van der Waals surface area contributed by atoms with E-state index in [0.29, 0.717) is 18.5 Å². The molecule has 1 heterocycles. The molecule has 0 bridgehead atoms. The number of ether oxygens (including phenoxy) is 1. The number of quaternary nitrogens is 2. The second-order valence-electron chi connectivity index (χ2n) is 8.05. The maximum Gasteiger partial charge on any atom is 0.130 e. The standard InChI is InChI=1S/C6H15ClNO.C6H14NO.C3H9N/c1-8(2,3)5-6(9)4-7;1-7(2,3)4-6-5-8-6;1-4(2)3/h6,9H,4-5H2,1-3H3;6H,4-5H2,1-3H3;1-3H3/q2*+1;. The predicted octanol–water partition coefficient (Wildman–Crippen LogP) is 0.562. The minimum atomic E-state index is -0.369. The molecule has 1 aliphatic rings. The molecule has 0 amide bonds. The molecule has 0 spiro atoms. The van der Waals surface area contributed by atoms with Gasteiger partial charge in [-0.1, -0.05) is 0 Å². The van der Waals surface area contributed by atoms with Crippen LogP contribution in [0.3, 0.4) is 0 Å². The number of halogens is 1. The van der Waals surface area contributed by atoms with Crippen molar-refractivity contribution in [2.24, 2.45) is 0 Å². The monoisotopic (exact) mass is 327 g/mol. The lowest BCUT2D eigenvalue weighted by Gasteiger charge is -2.25. The molecule has 1 saturated heterocycles. The summed E-state index contributed by atoms with van der Waals surface area (Å²) in [6, 6.07) is 0. The molecule has 2 unspecified atom stereocenters. The van der Waals surface area contributed by atoms with Gasteiger partial charge in [0, 0.05) is 0 Å². The van der Waals surface area contributed by atoms with E-state index in [1.165, 1.54) is 0 Å².